The van der Waals surface area contributed by atoms with Crippen molar-refractivity contribution in [3.05, 3.63) is 23.4 Å². The van der Waals surface area contributed by atoms with Gasteiger partial charge >= 0.3 is 0 Å². The van der Waals surface area contributed by atoms with E-state index in [1.807, 2.05) is 13.1 Å². The molecular weight excluding hydrogens is 164 g/mol. The number of aromatic nitrogens is 1. The Bertz CT molecular complexity index is 319. The number of aliphatic hydroxyl groups is 1. The smallest absolute Gasteiger partial charge is 0.131 e. The summed E-state index contributed by atoms with van der Waals surface area (Å²) in [6.45, 7) is 5.53. The molecule has 13 heavy (non-hydrogen) atoms. The molecule has 0 spiro atoms. The van der Waals surface area contributed by atoms with Crippen LogP contribution < -0.4 is 4.90 Å². The molecule has 3 nitrogen and oxygen atoms in total. The Balaban J connectivity index is 2.21. The van der Waals surface area contributed by atoms with Crippen molar-refractivity contribution in [3.8, 4) is 0 Å². The van der Waals surface area contributed by atoms with E-state index in [1.54, 1.807) is 0 Å². The minimum absolute atomic E-state index is 0.164. The molecule has 1 aliphatic rings. The number of rotatable bonds is 1. The summed E-state index contributed by atoms with van der Waals surface area (Å²) in [6, 6.07) is 2.12. The van der Waals surface area contributed by atoms with Gasteiger partial charge in [0.25, 0.3) is 0 Å². The van der Waals surface area contributed by atoms with Crippen LogP contribution in [0.4, 0.5) is 5.82 Å². The van der Waals surface area contributed by atoms with Gasteiger partial charge in [0, 0.05) is 19.3 Å². The van der Waals surface area contributed by atoms with Crippen molar-refractivity contribution in [1.82, 2.24) is 4.98 Å². The highest BCUT2D eigenvalue weighted by atomic mass is 16.3. The van der Waals surface area contributed by atoms with Crippen molar-refractivity contribution < 1.29 is 5.11 Å². The number of hydrogen-bond donors (Lipinski definition) is 1. The fraction of sp³-hybridized carbons (Fsp3) is 0.500. The largest absolute Gasteiger partial charge is 0.389 e. The molecule has 70 valence electrons. The molecule has 1 N–H and O–H groups in total. The maximum Gasteiger partial charge on any atom is 0.131 e. The van der Waals surface area contributed by atoms with Gasteiger partial charge in [-0.15, -0.1) is 0 Å². The van der Waals surface area contributed by atoms with Gasteiger partial charge in [0.05, 0.1) is 6.10 Å². The topological polar surface area (TPSA) is 36.4 Å². The molecule has 0 bridgehead atoms. The SMILES string of the molecule is Cc1cnc(N2CC(O)C2)c(C)c1. The third-order valence-corrected chi connectivity index (χ3v) is 2.35. The van der Waals surface area contributed by atoms with Crippen molar-refractivity contribution in [2.75, 3.05) is 18.0 Å². The molecule has 1 aromatic heterocycles. The zero-order valence-corrected chi connectivity index (χ0v) is 7.99. The highest BCUT2D eigenvalue weighted by Gasteiger charge is 2.26. The Morgan fingerprint density at radius 2 is 2.15 bits per heavy atom. The molecule has 1 saturated heterocycles. The fourth-order valence-electron chi connectivity index (χ4n) is 1.67. The standard InChI is InChI=1S/C10H14N2O/c1-7-3-8(2)10(11-4-7)12-5-9(13)6-12/h3-4,9,13H,5-6H2,1-2H3. The second kappa shape index (κ2) is 3.00. The molecule has 2 rings (SSSR count). The van der Waals surface area contributed by atoms with Crippen LogP contribution in [-0.4, -0.2) is 29.3 Å². The van der Waals surface area contributed by atoms with Crippen molar-refractivity contribution >= 4 is 5.82 Å². The number of hydrogen-bond acceptors (Lipinski definition) is 3. The molecular formula is C10H14N2O. The molecule has 0 radical (unpaired) electrons. The van der Waals surface area contributed by atoms with Crippen LogP contribution in [-0.2, 0) is 0 Å². The van der Waals surface area contributed by atoms with E-state index in [9.17, 15) is 0 Å². The number of anilines is 1. The minimum atomic E-state index is -0.164. The van der Waals surface area contributed by atoms with Gasteiger partial charge < -0.3 is 10.0 Å². The summed E-state index contributed by atoms with van der Waals surface area (Å²) in [5.41, 5.74) is 2.37. The normalized spacial score (nSPS) is 17.3. The van der Waals surface area contributed by atoms with E-state index >= 15 is 0 Å². The van der Waals surface area contributed by atoms with Gasteiger partial charge in [-0.3, -0.25) is 0 Å². The van der Waals surface area contributed by atoms with Crippen molar-refractivity contribution in [2.45, 2.75) is 20.0 Å². The lowest BCUT2D eigenvalue weighted by Crippen LogP contribution is -2.51. The molecule has 0 amide bonds. The quantitative estimate of drug-likeness (QED) is 0.693. The van der Waals surface area contributed by atoms with Crippen molar-refractivity contribution in [1.29, 1.82) is 0 Å². The maximum absolute atomic E-state index is 9.16. The zero-order chi connectivity index (χ0) is 9.42. The molecule has 3 heteroatoms. The highest BCUT2D eigenvalue weighted by Crippen LogP contribution is 2.22. The van der Waals surface area contributed by atoms with Gasteiger partial charge in [0.15, 0.2) is 0 Å². The minimum Gasteiger partial charge on any atom is -0.389 e. The van der Waals surface area contributed by atoms with Crippen LogP contribution in [0.15, 0.2) is 12.3 Å². The monoisotopic (exact) mass is 178 g/mol. The van der Waals surface area contributed by atoms with Crippen LogP contribution in [0.3, 0.4) is 0 Å². The number of pyridine rings is 1. The van der Waals surface area contributed by atoms with Crippen LogP contribution in [0.25, 0.3) is 0 Å². The molecule has 1 aliphatic heterocycles. The zero-order valence-electron chi connectivity index (χ0n) is 7.99. The molecule has 2 heterocycles. The number of nitrogens with zero attached hydrogens (tertiary/aromatic N) is 2. The van der Waals surface area contributed by atoms with Gasteiger partial charge in [-0.05, 0) is 25.0 Å². The summed E-state index contributed by atoms with van der Waals surface area (Å²) in [4.78, 5) is 6.45. The average Bonchev–Trinajstić information content (AvgIpc) is 2.00. The van der Waals surface area contributed by atoms with E-state index < -0.39 is 0 Å². The van der Waals surface area contributed by atoms with Gasteiger partial charge in [-0.2, -0.15) is 0 Å². The van der Waals surface area contributed by atoms with Crippen molar-refractivity contribution in [3.63, 3.8) is 0 Å². The van der Waals surface area contributed by atoms with Gasteiger partial charge in [-0.25, -0.2) is 4.98 Å². The Morgan fingerprint density at radius 3 is 2.69 bits per heavy atom. The fourth-order valence-corrected chi connectivity index (χ4v) is 1.67. The number of β-amino-alcohol motifs (C(OH)–C–C–N with tert-alkyl or cyclic N) is 1. The third-order valence-electron chi connectivity index (χ3n) is 2.35. The van der Waals surface area contributed by atoms with E-state index in [1.165, 1.54) is 11.1 Å². The van der Waals surface area contributed by atoms with Crippen LogP contribution >= 0.6 is 0 Å². The summed E-state index contributed by atoms with van der Waals surface area (Å²) in [7, 11) is 0. The van der Waals surface area contributed by atoms with Gasteiger partial charge in [0.2, 0.25) is 0 Å². The second-order valence-corrected chi connectivity index (χ2v) is 3.71. The van der Waals surface area contributed by atoms with Crippen LogP contribution in [0.2, 0.25) is 0 Å². The first-order chi connectivity index (χ1) is 6.16. The average molecular weight is 178 g/mol. The molecule has 0 atom stereocenters. The Hall–Kier alpha value is -1.09. The molecule has 1 aromatic rings. The Kier molecular flexibility index (Phi) is 1.96. The predicted molar refractivity (Wildman–Crippen MR) is 51.9 cm³/mol. The Morgan fingerprint density at radius 1 is 1.46 bits per heavy atom. The Labute approximate surface area is 78.0 Å². The highest BCUT2D eigenvalue weighted by molar-refractivity contribution is 5.49. The van der Waals surface area contributed by atoms with Gasteiger partial charge in [0.1, 0.15) is 5.82 Å². The van der Waals surface area contributed by atoms with E-state index in [4.69, 9.17) is 5.11 Å². The second-order valence-electron chi connectivity index (χ2n) is 3.71. The van der Waals surface area contributed by atoms with E-state index in [-0.39, 0.29) is 6.10 Å². The lowest BCUT2D eigenvalue weighted by Gasteiger charge is -2.37. The van der Waals surface area contributed by atoms with Crippen LogP contribution in [0.1, 0.15) is 11.1 Å². The summed E-state index contributed by atoms with van der Waals surface area (Å²) in [5.74, 6) is 1.01. The summed E-state index contributed by atoms with van der Waals surface area (Å²) in [5, 5.41) is 9.16. The third kappa shape index (κ3) is 1.52. The van der Waals surface area contributed by atoms with Crippen molar-refractivity contribution in [2.24, 2.45) is 0 Å². The number of aryl methyl sites for hydroxylation is 2. The van der Waals surface area contributed by atoms with Gasteiger partial charge in [-0.1, -0.05) is 6.07 Å². The molecule has 0 aromatic carbocycles. The first kappa shape index (κ1) is 8.51. The molecule has 0 saturated carbocycles. The molecule has 0 unspecified atom stereocenters. The predicted octanol–water partition coefficient (Wildman–Crippen LogP) is 0.879. The lowest BCUT2D eigenvalue weighted by atomic mass is 10.1. The van der Waals surface area contributed by atoms with E-state index in [2.05, 4.69) is 22.9 Å². The number of aliphatic hydroxyl groups excluding tert-OH is 1. The first-order valence-corrected chi connectivity index (χ1v) is 4.53. The summed E-state index contributed by atoms with van der Waals surface area (Å²) >= 11 is 0. The lowest BCUT2D eigenvalue weighted by molar-refractivity contribution is 0.141. The van der Waals surface area contributed by atoms with Crippen LogP contribution in [0.5, 0.6) is 0 Å². The summed E-state index contributed by atoms with van der Waals surface area (Å²) < 4.78 is 0. The van der Waals surface area contributed by atoms with Crippen LogP contribution in [0, 0.1) is 13.8 Å². The molecule has 1 fully saturated rings. The molecule has 0 aliphatic carbocycles. The van der Waals surface area contributed by atoms with E-state index in [0.29, 0.717) is 0 Å². The maximum atomic E-state index is 9.16. The van der Waals surface area contributed by atoms with E-state index in [0.717, 1.165) is 18.9 Å². The first-order valence-electron chi connectivity index (χ1n) is 4.53. The summed E-state index contributed by atoms with van der Waals surface area (Å²) in [6.07, 6.45) is 1.70.